The summed E-state index contributed by atoms with van der Waals surface area (Å²) < 4.78 is 2.79. The number of fused-ring (bicyclic) bond motifs is 7. The first-order chi connectivity index (χ1) is 20.0. The van der Waals surface area contributed by atoms with E-state index >= 15 is 0 Å². The lowest BCUT2D eigenvalue weighted by Crippen LogP contribution is -2.25. The maximum atomic E-state index is 2.48. The van der Waals surface area contributed by atoms with E-state index in [0.29, 0.717) is 11.8 Å². The smallest absolute Gasteiger partial charge is 0.0355 e. The van der Waals surface area contributed by atoms with Crippen molar-refractivity contribution in [1.29, 1.82) is 0 Å². The molecule has 0 fully saturated rings. The topological polar surface area (TPSA) is 0 Å². The van der Waals surface area contributed by atoms with E-state index in [-0.39, 0.29) is 0 Å². The molecule has 0 saturated heterocycles. The first kappa shape index (κ1) is 24.8. The van der Waals surface area contributed by atoms with E-state index in [9.17, 15) is 0 Å². The Morgan fingerprint density at radius 2 is 1.37 bits per heavy atom. The van der Waals surface area contributed by atoms with Gasteiger partial charge >= 0.3 is 0 Å². The summed E-state index contributed by atoms with van der Waals surface area (Å²) in [6.07, 6.45) is 3.45. The molecule has 1 heterocycles. The predicted octanol–water partition coefficient (Wildman–Crippen LogP) is 11.2. The van der Waals surface area contributed by atoms with E-state index in [0.717, 1.165) is 19.3 Å². The highest BCUT2D eigenvalue weighted by molar-refractivity contribution is 7.25. The predicted molar refractivity (Wildman–Crippen MR) is 179 cm³/mol. The number of hydrogen-bond acceptors (Lipinski definition) is 1. The van der Waals surface area contributed by atoms with Gasteiger partial charge in [0.25, 0.3) is 0 Å². The highest BCUT2D eigenvalue weighted by Gasteiger charge is 2.27. The molecule has 0 radical (unpaired) electrons. The molecular weight excluding hydrogens is 513 g/mol. The zero-order chi connectivity index (χ0) is 27.7. The Morgan fingerprint density at radius 1 is 0.610 bits per heavy atom. The molecule has 1 heteroatoms. The third kappa shape index (κ3) is 4.10. The van der Waals surface area contributed by atoms with Gasteiger partial charge in [0.05, 0.1) is 0 Å². The van der Waals surface area contributed by atoms with Crippen LogP contribution in [0.1, 0.15) is 34.7 Å². The van der Waals surface area contributed by atoms with Gasteiger partial charge in [-0.15, -0.1) is 11.3 Å². The Morgan fingerprint density at radius 3 is 2.24 bits per heavy atom. The maximum absolute atomic E-state index is 2.48. The van der Waals surface area contributed by atoms with E-state index in [4.69, 9.17) is 0 Å². The van der Waals surface area contributed by atoms with E-state index < -0.39 is 0 Å². The van der Waals surface area contributed by atoms with Gasteiger partial charge in [-0.3, -0.25) is 0 Å². The van der Waals surface area contributed by atoms with Crippen molar-refractivity contribution in [3.8, 4) is 11.1 Å². The highest BCUT2D eigenvalue weighted by atomic mass is 32.1. The van der Waals surface area contributed by atoms with Crippen LogP contribution in [-0.4, -0.2) is 0 Å². The maximum Gasteiger partial charge on any atom is 0.0355 e. The third-order valence-corrected chi connectivity index (χ3v) is 10.8. The van der Waals surface area contributed by atoms with Gasteiger partial charge in [0.1, 0.15) is 0 Å². The zero-order valence-electron chi connectivity index (χ0n) is 24.0. The van der Waals surface area contributed by atoms with Crippen molar-refractivity contribution >= 4 is 53.1 Å². The van der Waals surface area contributed by atoms with Crippen molar-refractivity contribution in [2.45, 2.75) is 40.0 Å². The molecule has 41 heavy (non-hydrogen) atoms. The fourth-order valence-corrected chi connectivity index (χ4v) is 8.56. The van der Waals surface area contributed by atoms with Gasteiger partial charge in [-0.2, -0.15) is 0 Å². The standard InChI is InChI=1S/C40H34S/c1-24-18-36(32-15-12-25(2)30-8-4-5-9-31(30)32)33-16-14-28-20-26(3)29(23-35(28)37(33)19-24)21-27-13-17-40-38(22-27)34-10-6-7-11-39(34)41-40/h4-19,22,26,29H,20-21,23H2,1-3H3. The van der Waals surface area contributed by atoms with Crippen LogP contribution in [0.5, 0.6) is 0 Å². The Labute approximate surface area is 246 Å². The molecule has 2 unspecified atom stereocenters. The van der Waals surface area contributed by atoms with E-state index in [1.807, 2.05) is 11.3 Å². The van der Waals surface area contributed by atoms with Crippen molar-refractivity contribution in [3.05, 3.63) is 131 Å². The van der Waals surface area contributed by atoms with Crippen LogP contribution in [-0.2, 0) is 19.3 Å². The van der Waals surface area contributed by atoms with Gasteiger partial charge < -0.3 is 0 Å². The summed E-state index contributed by atoms with van der Waals surface area (Å²) in [5, 5.41) is 8.36. The summed E-state index contributed by atoms with van der Waals surface area (Å²) in [7, 11) is 0. The summed E-state index contributed by atoms with van der Waals surface area (Å²) in [4.78, 5) is 0. The molecule has 200 valence electrons. The summed E-state index contributed by atoms with van der Waals surface area (Å²) in [6, 6.07) is 39.2. The molecule has 1 aliphatic rings. The minimum atomic E-state index is 0.639. The fraction of sp³-hybridized carbons (Fsp3) is 0.200. The Hall–Kier alpha value is -3.94. The van der Waals surface area contributed by atoms with Crippen molar-refractivity contribution in [2.24, 2.45) is 11.8 Å². The van der Waals surface area contributed by atoms with Gasteiger partial charge in [0.15, 0.2) is 0 Å². The van der Waals surface area contributed by atoms with Crippen LogP contribution in [0.15, 0.2) is 103 Å². The lowest BCUT2D eigenvalue weighted by Gasteiger charge is -2.32. The fourth-order valence-electron chi connectivity index (χ4n) is 7.48. The van der Waals surface area contributed by atoms with Crippen LogP contribution in [0.4, 0.5) is 0 Å². The van der Waals surface area contributed by atoms with Crippen LogP contribution >= 0.6 is 11.3 Å². The van der Waals surface area contributed by atoms with Crippen molar-refractivity contribution in [2.75, 3.05) is 0 Å². The van der Waals surface area contributed by atoms with Gasteiger partial charge in [-0.1, -0.05) is 91.9 Å². The molecule has 0 amide bonds. The second-order valence-electron chi connectivity index (χ2n) is 12.4. The molecule has 6 aromatic carbocycles. The summed E-state index contributed by atoms with van der Waals surface area (Å²) in [5.41, 5.74) is 9.99. The number of aryl methyl sites for hydroxylation is 2. The highest BCUT2D eigenvalue weighted by Crippen LogP contribution is 2.42. The van der Waals surface area contributed by atoms with Crippen molar-refractivity contribution in [1.82, 2.24) is 0 Å². The SMILES string of the molecule is Cc1cc(-c2ccc(C)c3ccccc23)c2ccc3c(c2c1)CC(Cc1ccc2sc4ccccc4c2c1)C(C)C3. The quantitative estimate of drug-likeness (QED) is 0.207. The molecule has 0 nitrogen and oxygen atoms in total. The molecular formula is C40H34S. The van der Waals surface area contributed by atoms with E-state index in [1.54, 1.807) is 11.1 Å². The molecule has 7 aromatic rings. The second-order valence-corrected chi connectivity index (χ2v) is 13.4. The lowest BCUT2D eigenvalue weighted by atomic mass is 9.72. The third-order valence-electron chi connectivity index (χ3n) is 9.67. The van der Waals surface area contributed by atoms with Crippen molar-refractivity contribution in [3.63, 3.8) is 0 Å². The number of rotatable bonds is 3. The van der Waals surface area contributed by atoms with Gasteiger partial charge in [0.2, 0.25) is 0 Å². The first-order valence-corrected chi connectivity index (χ1v) is 15.8. The average molecular weight is 547 g/mol. The molecule has 8 rings (SSSR count). The van der Waals surface area contributed by atoms with Crippen LogP contribution in [0, 0.1) is 25.7 Å². The summed E-state index contributed by atoms with van der Waals surface area (Å²) in [6.45, 7) is 6.95. The molecule has 0 bridgehead atoms. The molecule has 0 spiro atoms. The molecule has 2 atom stereocenters. The second kappa shape index (κ2) is 9.57. The van der Waals surface area contributed by atoms with Crippen LogP contribution in [0.25, 0.3) is 52.8 Å². The lowest BCUT2D eigenvalue weighted by molar-refractivity contribution is 0.332. The van der Waals surface area contributed by atoms with Crippen molar-refractivity contribution < 1.29 is 0 Å². The normalized spacial score (nSPS) is 17.0. The van der Waals surface area contributed by atoms with Crippen LogP contribution in [0.3, 0.4) is 0 Å². The Balaban J connectivity index is 1.22. The number of thiophene rings is 1. The van der Waals surface area contributed by atoms with E-state index in [2.05, 4.69) is 124 Å². The zero-order valence-corrected chi connectivity index (χ0v) is 24.8. The number of benzene rings is 6. The molecule has 0 aliphatic heterocycles. The van der Waals surface area contributed by atoms with Gasteiger partial charge in [-0.25, -0.2) is 0 Å². The van der Waals surface area contributed by atoms with Gasteiger partial charge in [0, 0.05) is 20.2 Å². The van der Waals surface area contributed by atoms with E-state index in [1.165, 1.54) is 69.5 Å². The summed E-state index contributed by atoms with van der Waals surface area (Å²) in [5.74, 6) is 1.31. The molecule has 1 aliphatic carbocycles. The number of hydrogen-bond donors (Lipinski definition) is 0. The van der Waals surface area contributed by atoms with Gasteiger partial charge in [-0.05, 0) is 124 Å². The molecule has 1 aromatic heterocycles. The average Bonchev–Trinajstić information content (AvgIpc) is 3.36. The molecule has 0 N–H and O–H groups in total. The van der Waals surface area contributed by atoms with Crippen LogP contribution < -0.4 is 0 Å². The minimum absolute atomic E-state index is 0.639. The van der Waals surface area contributed by atoms with Crippen LogP contribution in [0.2, 0.25) is 0 Å². The largest absolute Gasteiger partial charge is 0.135 e. The first-order valence-electron chi connectivity index (χ1n) is 15.0. The summed E-state index contributed by atoms with van der Waals surface area (Å²) >= 11 is 1.91. The molecule has 0 saturated carbocycles. The minimum Gasteiger partial charge on any atom is -0.135 e. The monoisotopic (exact) mass is 546 g/mol. The Kier molecular flexibility index (Phi) is 5.79. The Bertz CT molecular complexity index is 2130.